The third kappa shape index (κ3) is 3.55. The van der Waals surface area contributed by atoms with E-state index in [2.05, 4.69) is 10.1 Å². The van der Waals surface area contributed by atoms with Gasteiger partial charge in [0.25, 0.3) is 11.6 Å². The van der Waals surface area contributed by atoms with Gasteiger partial charge < -0.3 is 14.5 Å². The second kappa shape index (κ2) is 7.77. The summed E-state index contributed by atoms with van der Waals surface area (Å²) in [5, 5.41) is 14.2. The first-order chi connectivity index (χ1) is 12.9. The van der Waals surface area contributed by atoms with Crippen molar-refractivity contribution in [3.63, 3.8) is 0 Å². The van der Waals surface area contributed by atoms with Crippen LogP contribution in [0.2, 0.25) is 5.02 Å². The number of likely N-dealkylation sites (tertiary alicyclic amines) is 1. The highest BCUT2D eigenvalue weighted by Crippen LogP contribution is 2.30. The molecule has 1 N–H and O–H groups in total. The van der Waals surface area contributed by atoms with Crippen molar-refractivity contribution in [3.8, 4) is 11.3 Å². The third-order valence-corrected chi connectivity index (χ3v) is 5.03. The standard InChI is InChI=1S/C19H16ClN3O4.ClH/c1-10-16-14(18(24)23-6-5-12(9-23)19(25)26)8-15(21-17(16)27-22-10)11-3-2-4-13(20)7-11;/h2-4,7-8,12H,5-6,9H2,1H3,(H,25,26);1H. The summed E-state index contributed by atoms with van der Waals surface area (Å²) in [4.78, 5) is 30.4. The van der Waals surface area contributed by atoms with Crippen LogP contribution in [0, 0.1) is 12.8 Å². The molecule has 1 aliphatic heterocycles. The molecule has 0 bridgehead atoms. The summed E-state index contributed by atoms with van der Waals surface area (Å²) in [6.45, 7) is 2.33. The van der Waals surface area contributed by atoms with Crippen LogP contribution in [-0.4, -0.2) is 45.1 Å². The van der Waals surface area contributed by atoms with Crippen molar-refractivity contribution < 1.29 is 19.2 Å². The molecule has 0 saturated carbocycles. The molecule has 0 spiro atoms. The van der Waals surface area contributed by atoms with Crippen molar-refractivity contribution in [2.75, 3.05) is 13.1 Å². The van der Waals surface area contributed by atoms with E-state index in [1.165, 1.54) is 0 Å². The predicted octanol–water partition coefficient (Wildman–Crippen LogP) is 3.82. The number of fused-ring (bicyclic) bond motifs is 1. The van der Waals surface area contributed by atoms with Gasteiger partial charge in [0.2, 0.25) is 0 Å². The molecule has 0 aliphatic carbocycles. The summed E-state index contributed by atoms with van der Waals surface area (Å²) in [6.07, 6.45) is 0.444. The van der Waals surface area contributed by atoms with Crippen LogP contribution in [-0.2, 0) is 4.79 Å². The number of aliphatic carboxylic acids is 1. The Balaban J connectivity index is 0.00000225. The number of halogens is 2. The van der Waals surface area contributed by atoms with Crippen LogP contribution in [0.15, 0.2) is 34.9 Å². The minimum atomic E-state index is -0.883. The fourth-order valence-corrected chi connectivity index (χ4v) is 3.57. The molecule has 4 rings (SSSR count). The molecule has 9 heteroatoms. The van der Waals surface area contributed by atoms with Crippen LogP contribution in [0.1, 0.15) is 22.5 Å². The molecule has 2 aromatic heterocycles. The largest absolute Gasteiger partial charge is 0.481 e. The van der Waals surface area contributed by atoms with Gasteiger partial charge in [0.15, 0.2) is 0 Å². The number of carboxylic acid groups (broad SMARTS) is 1. The summed E-state index contributed by atoms with van der Waals surface area (Å²) in [5.41, 5.74) is 2.52. The lowest BCUT2D eigenvalue weighted by Gasteiger charge is -2.17. The van der Waals surface area contributed by atoms with Gasteiger partial charge in [-0.1, -0.05) is 28.9 Å². The van der Waals surface area contributed by atoms with E-state index >= 15 is 0 Å². The maximum atomic E-state index is 13.1. The van der Waals surface area contributed by atoms with Crippen molar-refractivity contribution in [2.45, 2.75) is 13.3 Å². The van der Waals surface area contributed by atoms with E-state index in [0.29, 0.717) is 40.3 Å². The van der Waals surface area contributed by atoms with E-state index in [4.69, 9.17) is 16.1 Å². The normalized spacial score (nSPS) is 16.2. The summed E-state index contributed by atoms with van der Waals surface area (Å²) in [5.74, 6) is -1.67. The molecular weight excluding hydrogens is 405 g/mol. The first kappa shape index (κ1) is 20.1. The number of carbonyl (C=O) groups is 2. The topological polar surface area (TPSA) is 96.5 Å². The molecule has 1 saturated heterocycles. The van der Waals surface area contributed by atoms with Crippen molar-refractivity contribution in [1.82, 2.24) is 15.0 Å². The van der Waals surface area contributed by atoms with Gasteiger partial charge in [0.1, 0.15) is 0 Å². The van der Waals surface area contributed by atoms with E-state index < -0.39 is 11.9 Å². The van der Waals surface area contributed by atoms with E-state index in [-0.39, 0.29) is 30.6 Å². The SMILES string of the molecule is Cc1noc2nc(-c3cccc(Cl)c3)cc(C(=O)N3CCC(C(=O)O)C3)c12.Cl. The van der Waals surface area contributed by atoms with Crippen molar-refractivity contribution in [3.05, 3.63) is 46.6 Å². The van der Waals surface area contributed by atoms with Gasteiger partial charge in [-0.2, -0.15) is 0 Å². The monoisotopic (exact) mass is 421 g/mol. The van der Waals surface area contributed by atoms with Crippen LogP contribution in [0.4, 0.5) is 0 Å². The molecule has 1 aromatic carbocycles. The maximum Gasteiger partial charge on any atom is 0.308 e. The average Bonchev–Trinajstić information content (AvgIpc) is 3.28. The fourth-order valence-electron chi connectivity index (χ4n) is 3.38. The highest BCUT2D eigenvalue weighted by molar-refractivity contribution is 6.30. The second-order valence-corrected chi connectivity index (χ2v) is 7.02. The minimum absolute atomic E-state index is 0. The quantitative estimate of drug-likeness (QED) is 0.690. The van der Waals surface area contributed by atoms with Gasteiger partial charge in [-0.3, -0.25) is 9.59 Å². The fraction of sp³-hybridized carbons (Fsp3) is 0.263. The lowest BCUT2D eigenvalue weighted by atomic mass is 10.0. The molecule has 1 fully saturated rings. The Labute approximate surface area is 171 Å². The minimum Gasteiger partial charge on any atom is -0.481 e. The van der Waals surface area contributed by atoms with Crippen molar-refractivity contribution in [1.29, 1.82) is 0 Å². The number of nitrogens with zero attached hydrogens (tertiary/aromatic N) is 3. The van der Waals surface area contributed by atoms with Gasteiger partial charge >= 0.3 is 5.97 Å². The van der Waals surface area contributed by atoms with Gasteiger partial charge in [-0.25, -0.2) is 4.98 Å². The van der Waals surface area contributed by atoms with Crippen LogP contribution in [0.5, 0.6) is 0 Å². The zero-order valence-corrected chi connectivity index (χ0v) is 16.5. The Hall–Kier alpha value is -2.64. The molecule has 1 aliphatic rings. The van der Waals surface area contributed by atoms with Crippen LogP contribution in [0.25, 0.3) is 22.4 Å². The summed E-state index contributed by atoms with van der Waals surface area (Å²) in [6, 6.07) is 8.84. The molecule has 1 amide bonds. The summed E-state index contributed by atoms with van der Waals surface area (Å²) >= 11 is 6.07. The Morgan fingerprint density at radius 2 is 2.11 bits per heavy atom. The number of amides is 1. The van der Waals surface area contributed by atoms with E-state index in [0.717, 1.165) is 5.56 Å². The van der Waals surface area contributed by atoms with Crippen LogP contribution < -0.4 is 0 Å². The number of rotatable bonds is 3. The second-order valence-electron chi connectivity index (χ2n) is 6.59. The molecule has 3 heterocycles. The molecule has 146 valence electrons. The Morgan fingerprint density at radius 3 is 2.79 bits per heavy atom. The zero-order chi connectivity index (χ0) is 19.1. The number of aromatic nitrogens is 2. The highest BCUT2D eigenvalue weighted by Gasteiger charge is 2.33. The molecule has 7 nitrogen and oxygen atoms in total. The number of hydrogen-bond donors (Lipinski definition) is 1. The van der Waals surface area contributed by atoms with E-state index in [1.807, 2.05) is 6.07 Å². The maximum absolute atomic E-state index is 13.1. The summed E-state index contributed by atoms with van der Waals surface area (Å²) in [7, 11) is 0. The van der Waals surface area contributed by atoms with Gasteiger partial charge in [0, 0.05) is 23.7 Å². The van der Waals surface area contributed by atoms with Gasteiger partial charge in [0.05, 0.1) is 28.3 Å². The number of carbonyl (C=O) groups excluding carboxylic acids is 1. The Morgan fingerprint density at radius 1 is 1.32 bits per heavy atom. The molecule has 3 aromatic rings. The Bertz CT molecular complexity index is 1070. The van der Waals surface area contributed by atoms with Gasteiger partial charge in [-0.15, -0.1) is 12.4 Å². The van der Waals surface area contributed by atoms with Crippen molar-refractivity contribution in [2.24, 2.45) is 5.92 Å². The molecule has 1 unspecified atom stereocenters. The molecular formula is C19H17Cl2N3O4. The van der Waals surface area contributed by atoms with Crippen LogP contribution >= 0.6 is 24.0 Å². The van der Waals surface area contributed by atoms with Crippen molar-refractivity contribution >= 4 is 47.0 Å². The Kier molecular flexibility index (Phi) is 5.58. The number of hydrogen-bond acceptors (Lipinski definition) is 5. The van der Waals surface area contributed by atoms with E-state index in [1.54, 1.807) is 36.1 Å². The lowest BCUT2D eigenvalue weighted by Crippen LogP contribution is -2.30. The van der Waals surface area contributed by atoms with Crippen LogP contribution in [0.3, 0.4) is 0 Å². The smallest absolute Gasteiger partial charge is 0.308 e. The lowest BCUT2D eigenvalue weighted by molar-refractivity contribution is -0.141. The first-order valence-corrected chi connectivity index (χ1v) is 8.87. The predicted molar refractivity (Wildman–Crippen MR) is 106 cm³/mol. The average molecular weight is 422 g/mol. The number of carboxylic acids is 1. The first-order valence-electron chi connectivity index (χ1n) is 8.49. The number of aryl methyl sites for hydroxylation is 1. The highest BCUT2D eigenvalue weighted by atomic mass is 35.5. The number of benzene rings is 1. The molecule has 1 atom stereocenters. The molecule has 0 radical (unpaired) electrons. The third-order valence-electron chi connectivity index (χ3n) is 4.79. The van der Waals surface area contributed by atoms with E-state index in [9.17, 15) is 14.7 Å². The summed E-state index contributed by atoms with van der Waals surface area (Å²) < 4.78 is 5.29. The van der Waals surface area contributed by atoms with Gasteiger partial charge in [-0.05, 0) is 31.5 Å². The number of pyridine rings is 1. The zero-order valence-electron chi connectivity index (χ0n) is 14.9. The molecule has 28 heavy (non-hydrogen) atoms.